The summed E-state index contributed by atoms with van der Waals surface area (Å²) in [6.45, 7) is 1.50. The van der Waals surface area contributed by atoms with Gasteiger partial charge >= 0.3 is 12.2 Å². The summed E-state index contributed by atoms with van der Waals surface area (Å²) < 4.78 is 36.2. The molecule has 0 heterocycles. The van der Waals surface area contributed by atoms with E-state index in [9.17, 15) is 18.0 Å². The zero-order valence-electron chi connectivity index (χ0n) is 12.0. The molecule has 4 nitrogen and oxygen atoms in total. The third kappa shape index (κ3) is 7.00. The minimum Gasteiger partial charge on any atom is -0.384 e. The Balaban J connectivity index is 2.30. The molecule has 0 saturated carbocycles. The van der Waals surface area contributed by atoms with Crippen molar-refractivity contribution >= 4 is 17.6 Å². The Morgan fingerprint density at radius 3 is 2.68 bits per heavy atom. The van der Waals surface area contributed by atoms with Crippen molar-refractivity contribution in [2.45, 2.75) is 38.1 Å². The summed E-state index contributed by atoms with van der Waals surface area (Å²) in [5, 5.41) is 14.3. The Morgan fingerprint density at radius 1 is 1.41 bits per heavy atom. The molecule has 0 unspecified atom stereocenters. The van der Waals surface area contributed by atoms with E-state index in [1.54, 1.807) is 25.1 Å². The first-order valence-electron chi connectivity index (χ1n) is 6.72. The third-order valence-electron chi connectivity index (χ3n) is 2.89. The van der Waals surface area contributed by atoms with Crippen molar-refractivity contribution in [3.8, 4) is 0 Å². The lowest BCUT2D eigenvalue weighted by molar-refractivity contribution is -0.204. The molecule has 0 aliphatic rings. The van der Waals surface area contributed by atoms with Crippen molar-refractivity contribution in [3.05, 3.63) is 34.9 Å². The highest BCUT2D eigenvalue weighted by molar-refractivity contribution is 6.30. The highest BCUT2D eigenvalue weighted by Gasteiger charge is 2.37. The molecule has 2 atom stereocenters. The average Bonchev–Trinajstić information content (AvgIpc) is 2.37. The van der Waals surface area contributed by atoms with Gasteiger partial charge in [0.1, 0.15) is 0 Å². The van der Waals surface area contributed by atoms with E-state index < -0.39 is 24.7 Å². The van der Waals surface area contributed by atoms with Crippen LogP contribution in [0.15, 0.2) is 24.3 Å². The molecule has 8 heteroatoms. The minimum atomic E-state index is -4.67. The minimum absolute atomic E-state index is 0.217. The topological polar surface area (TPSA) is 61.4 Å². The lowest BCUT2D eigenvalue weighted by atomic mass is 10.1. The summed E-state index contributed by atoms with van der Waals surface area (Å²) in [6.07, 6.45) is -7.15. The van der Waals surface area contributed by atoms with Crippen LogP contribution in [0.1, 0.15) is 18.9 Å². The van der Waals surface area contributed by atoms with Crippen LogP contribution in [0.4, 0.5) is 18.0 Å². The maximum atomic E-state index is 12.1. The quantitative estimate of drug-likeness (QED) is 0.747. The average molecular weight is 339 g/mol. The number of aliphatic hydroxyl groups is 1. The summed E-state index contributed by atoms with van der Waals surface area (Å²) in [4.78, 5) is 11.5. The van der Waals surface area contributed by atoms with Gasteiger partial charge in [-0.05, 0) is 37.5 Å². The van der Waals surface area contributed by atoms with Gasteiger partial charge in [-0.2, -0.15) is 13.2 Å². The Kier molecular flexibility index (Phi) is 6.96. The van der Waals surface area contributed by atoms with Crippen LogP contribution in [0.25, 0.3) is 0 Å². The zero-order valence-corrected chi connectivity index (χ0v) is 12.7. The standard InChI is InChI=1S/C14H18ClF3N2O2/c1-9(7-10-3-2-4-11(15)8-10)20-13(22)19-6-5-12(21)14(16,17)18/h2-4,8-9,12,21H,5-7H2,1H3,(H2,19,20,22)/t9-,12+/m0/s1. The van der Waals surface area contributed by atoms with Gasteiger partial charge in [0, 0.05) is 17.6 Å². The van der Waals surface area contributed by atoms with Crippen molar-refractivity contribution in [2.24, 2.45) is 0 Å². The molecule has 22 heavy (non-hydrogen) atoms. The van der Waals surface area contributed by atoms with Crippen LogP contribution >= 0.6 is 11.6 Å². The SMILES string of the molecule is C[C@@H](Cc1cccc(Cl)c1)NC(=O)NCC[C@@H](O)C(F)(F)F. The molecule has 0 aromatic heterocycles. The maximum Gasteiger partial charge on any atom is 0.414 e. The van der Waals surface area contributed by atoms with Gasteiger partial charge in [0.15, 0.2) is 6.10 Å². The molecule has 1 aromatic carbocycles. The van der Waals surface area contributed by atoms with E-state index >= 15 is 0 Å². The predicted octanol–water partition coefficient (Wildman–Crippen LogP) is 2.88. The third-order valence-corrected chi connectivity index (χ3v) is 3.12. The van der Waals surface area contributed by atoms with E-state index in [-0.39, 0.29) is 12.6 Å². The number of carbonyl (C=O) groups excluding carboxylic acids is 1. The van der Waals surface area contributed by atoms with Gasteiger partial charge in [-0.15, -0.1) is 0 Å². The smallest absolute Gasteiger partial charge is 0.384 e. The predicted molar refractivity (Wildman–Crippen MR) is 77.8 cm³/mol. The van der Waals surface area contributed by atoms with Crippen LogP contribution in [0, 0.1) is 0 Å². The van der Waals surface area contributed by atoms with Crippen molar-refractivity contribution < 1.29 is 23.1 Å². The van der Waals surface area contributed by atoms with Gasteiger partial charge in [0.25, 0.3) is 0 Å². The van der Waals surface area contributed by atoms with Gasteiger partial charge in [-0.25, -0.2) is 4.79 Å². The molecule has 124 valence electrons. The van der Waals surface area contributed by atoms with Crippen molar-refractivity contribution in [3.63, 3.8) is 0 Å². The van der Waals surface area contributed by atoms with E-state index in [4.69, 9.17) is 16.7 Å². The van der Waals surface area contributed by atoms with Crippen molar-refractivity contribution in [2.75, 3.05) is 6.54 Å². The monoisotopic (exact) mass is 338 g/mol. The largest absolute Gasteiger partial charge is 0.414 e. The number of urea groups is 1. The molecule has 1 aromatic rings. The van der Waals surface area contributed by atoms with Gasteiger partial charge in [-0.1, -0.05) is 23.7 Å². The number of nitrogens with one attached hydrogen (secondary N) is 2. The van der Waals surface area contributed by atoms with Gasteiger partial charge in [-0.3, -0.25) is 0 Å². The van der Waals surface area contributed by atoms with E-state index in [1.165, 1.54) is 0 Å². The van der Waals surface area contributed by atoms with Gasteiger partial charge in [0.05, 0.1) is 0 Å². The molecular weight excluding hydrogens is 321 g/mol. The van der Waals surface area contributed by atoms with Crippen molar-refractivity contribution in [1.82, 2.24) is 10.6 Å². The Bertz CT molecular complexity index is 497. The van der Waals surface area contributed by atoms with Crippen LogP contribution in [0.3, 0.4) is 0 Å². The molecule has 0 fully saturated rings. The lowest BCUT2D eigenvalue weighted by Crippen LogP contribution is -2.43. The van der Waals surface area contributed by atoms with Crippen LogP contribution in [-0.2, 0) is 6.42 Å². The summed E-state index contributed by atoms with van der Waals surface area (Å²) in [7, 11) is 0. The molecular formula is C14H18ClF3N2O2. The van der Waals surface area contributed by atoms with E-state index in [1.807, 2.05) is 6.07 Å². The van der Waals surface area contributed by atoms with Gasteiger partial charge < -0.3 is 15.7 Å². The highest BCUT2D eigenvalue weighted by Crippen LogP contribution is 2.21. The first-order chi connectivity index (χ1) is 10.2. The molecule has 0 spiro atoms. The number of amides is 2. The summed E-state index contributed by atoms with van der Waals surface area (Å²) >= 11 is 5.85. The first kappa shape index (κ1) is 18.6. The van der Waals surface area contributed by atoms with Gasteiger partial charge in [0.2, 0.25) is 0 Å². The number of carbonyl (C=O) groups is 1. The Hall–Kier alpha value is -1.47. The molecule has 0 bridgehead atoms. The Labute approximate surface area is 131 Å². The number of benzene rings is 1. The van der Waals surface area contributed by atoms with Crippen LogP contribution in [0.2, 0.25) is 5.02 Å². The lowest BCUT2D eigenvalue weighted by Gasteiger charge is -2.17. The molecule has 1 rings (SSSR count). The van der Waals surface area contributed by atoms with E-state index in [2.05, 4.69) is 10.6 Å². The molecule has 3 N–H and O–H groups in total. The number of aliphatic hydroxyl groups excluding tert-OH is 1. The van der Waals surface area contributed by atoms with E-state index in [0.29, 0.717) is 11.4 Å². The molecule has 0 aliphatic heterocycles. The fourth-order valence-corrected chi connectivity index (χ4v) is 2.04. The molecule has 0 radical (unpaired) electrons. The number of hydrogen-bond acceptors (Lipinski definition) is 2. The molecule has 2 amide bonds. The maximum absolute atomic E-state index is 12.1. The van der Waals surface area contributed by atoms with Crippen molar-refractivity contribution in [1.29, 1.82) is 0 Å². The fraction of sp³-hybridized carbons (Fsp3) is 0.500. The summed E-state index contributed by atoms with van der Waals surface area (Å²) in [6, 6.07) is 6.37. The number of hydrogen-bond donors (Lipinski definition) is 3. The van der Waals surface area contributed by atoms with Crippen LogP contribution in [-0.4, -0.2) is 36.0 Å². The number of rotatable bonds is 6. The summed E-state index contributed by atoms with van der Waals surface area (Å²) in [5.74, 6) is 0. The van der Waals surface area contributed by atoms with E-state index in [0.717, 1.165) is 5.56 Å². The van der Waals surface area contributed by atoms with Crippen LogP contribution in [0.5, 0.6) is 0 Å². The second-order valence-electron chi connectivity index (χ2n) is 4.98. The normalized spacial score (nSPS) is 14.3. The first-order valence-corrected chi connectivity index (χ1v) is 7.10. The number of halogens is 4. The van der Waals surface area contributed by atoms with Crippen LogP contribution < -0.4 is 10.6 Å². The highest BCUT2D eigenvalue weighted by atomic mass is 35.5. The molecule has 0 aliphatic carbocycles. The second-order valence-corrected chi connectivity index (χ2v) is 5.42. The summed E-state index contributed by atoms with van der Waals surface area (Å²) in [5.41, 5.74) is 0.938. The molecule has 0 saturated heterocycles. The second kappa shape index (κ2) is 8.24. The fourth-order valence-electron chi connectivity index (χ4n) is 1.83. The zero-order chi connectivity index (χ0) is 16.8. The number of alkyl halides is 3. The Morgan fingerprint density at radius 2 is 2.09 bits per heavy atom.